The fourth-order valence-corrected chi connectivity index (χ4v) is 2.00. The first-order valence-corrected chi connectivity index (χ1v) is 6.58. The van der Waals surface area contributed by atoms with Crippen LogP contribution in [0, 0.1) is 5.92 Å². The van der Waals surface area contributed by atoms with Gasteiger partial charge in [-0.25, -0.2) is 0 Å². The lowest BCUT2D eigenvalue weighted by atomic mass is 10.0. The van der Waals surface area contributed by atoms with Crippen molar-refractivity contribution in [3.8, 4) is 0 Å². The van der Waals surface area contributed by atoms with E-state index in [2.05, 4.69) is 19.2 Å². The van der Waals surface area contributed by atoms with E-state index in [1.807, 2.05) is 24.3 Å². The van der Waals surface area contributed by atoms with Gasteiger partial charge in [-0.15, -0.1) is 11.6 Å². The Bertz CT molecular complexity index is 295. The van der Waals surface area contributed by atoms with Gasteiger partial charge in [-0.05, 0) is 30.0 Å². The van der Waals surface area contributed by atoms with E-state index >= 15 is 0 Å². The molecule has 1 nitrogen and oxygen atoms in total. The molecule has 90 valence electrons. The van der Waals surface area contributed by atoms with Crippen molar-refractivity contribution < 1.29 is 0 Å². The van der Waals surface area contributed by atoms with E-state index in [9.17, 15) is 0 Å². The highest BCUT2D eigenvalue weighted by molar-refractivity contribution is 6.30. The molecule has 0 bridgehead atoms. The smallest absolute Gasteiger partial charge is 0.0406 e. The molecule has 0 saturated carbocycles. The van der Waals surface area contributed by atoms with Crippen molar-refractivity contribution in [2.24, 2.45) is 5.92 Å². The van der Waals surface area contributed by atoms with Crippen LogP contribution in [0.25, 0.3) is 0 Å². The van der Waals surface area contributed by atoms with E-state index < -0.39 is 0 Å². The van der Waals surface area contributed by atoms with Gasteiger partial charge in [-0.3, -0.25) is 0 Å². The van der Waals surface area contributed by atoms with Crippen molar-refractivity contribution in [1.82, 2.24) is 5.32 Å². The van der Waals surface area contributed by atoms with Gasteiger partial charge in [0.15, 0.2) is 0 Å². The first-order valence-electron chi connectivity index (χ1n) is 5.67. The molecular weight excluding hydrogens is 241 g/mol. The van der Waals surface area contributed by atoms with Gasteiger partial charge in [0.25, 0.3) is 0 Å². The molecule has 1 atom stereocenters. The number of alkyl halides is 1. The summed E-state index contributed by atoms with van der Waals surface area (Å²) in [5.41, 5.74) is 1.25. The fraction of sp³-hybridized carbons (Fsp3) is 0.538. The van der Waals surface area contributed by atoms with E-state index in [1.54, 1.807) is 0 Å². The Morgan fingerprint density at radius 2 is 1.81 bits per heavy atom. The molecule has 16 heavy (non-hydrogen) atoms. The average molecular weight is 260 g/mol. The summed E-state index contributed by atoms with van der Waals surface area (Å²) in [5, 5.41) is 4.31. The maximum absolute atomic E-state index is 5.84. The normalized spacial score (nSPS) is 13.1. The van der Waals surface area contributed by atoms with Crippen LogP contribution in [0.2, 0.25) is 5.02 Å². The number of benzene rings is 1. The SMILES string of the molecule is CC(C)C(CCCl)NCc1ccc(Cl)cc1. The molecule has 1 rings (SSSR count). The molecule has 0 radical (unpaired) electrons. The van der Waals surface area contributed by atoms with Gasteiger partial charge in [-0.2, -0.15) is 0 Å². The molecule has 0 saturated heterocycles. The van der Waals surface area contributed by atoms with Gasteiger partial charge in [0.2, 0.25) is 0 Å². The van der Waals surface area contributed by atoms with Crippen LogP contribution >= 0.6 is 23.2 Å². The van der Waals surface area contributed by atoms with E-state index in [0.29, 0.717) is 17.8 Å². The van der Waals surface area contributed by atoms with E-state index in [-0.39, 0.29) is 0 Å². The highest BCUT2D eigenvalue weighted by Crippen LogP contribution is 2.11. The summed E-state index contributed by atoms with van der Waals surface area (Å²) in [7, 11) is 0. The molecule has 0 spiro atoms. The van der Waals surface area contributed by atoms with Crippen LogP contribution in [0.15, 0.2) is 24.3 Å². The molecule has 0 aliphatic carbocycles. The zero-order valence-electron chi connectivity index (χ0n) is 9.84. The summed E-state index contributed by atoms with van der Waals surface area (Å²) in [6, 6.07) is 8.42. The Morgan fingerprint density at radius 1 is 1.19 bits per heavy atom. The quantitative estimate of drug-likeness (QED) is 0.760. The molecule has 1 N–H and O–H groups in total. The standard InChI is InChI=1S/C13H19Cl2N/c1-10(2)13(7-8-14)16-9-11-3-5-12(15)6-4-11/h3-6,10,13,16H,7-9H2,1-2H3. The second-order valence-electron chi connectivity index (χ2n) is 4.34. The third kappa shape index (κ3) is 4.73. The highest BCUT2D eigenvalue weighted by atomic mass is 35.5. The summed E-state index contributed by atoms with van der Waals surface area (Å²) in [5.74, 6) is 1.31. The molecule has 0 aliphatic heterocycles. The molecule has 1 aromatic carbocycles. The van der Waals surface area contributed by atoms with Crippen molar-refractivity contribution in [1.29, 1.82) is 0 Å². The molecule has 0 aliphatic rings. The minimum Gasteiger partial charge on any atom is -0.310 e. The molecule has 0 aromatic heterocycles. The van der Waals surface area contributed by atoms with E-state index in [0.717, 1.165) is 18.0 Å². The Balaban J connectivity index is 2.45. The Hall–Kier alpha value is -0.240. The topological polar surface area (TPSA) is 12.0 Å². The van der Waals surface area contributed by atoms with Crippen molar-refractivity contribution in [3.63, 3.8) is 0 Å². The second-order valence-corrected chi connectivity index (χ2v) is 5.15. The lowest BCUT2D eigenvalue weighted by Crippen LogP contribution is -2.33. The van der Waals surface area contributed by atoms with Gasteiger partial charge in [0.05, 0.1) is 0 Å². The number of nitrogens with one attached hydrogen (secondary N) is 1. The lowest BCUT2D eigenvalue weighted by molar-refractivity contribution is 0.389. The van der Waals surface area contributed by atoms with Gasteiger partial charge >= 0.3 is 0 Å². The van der Waals surface area contributed by atoms with Gasteiger partial charge in [0.1, 0.15) is 0 Å². The molecule has 0 amide bonds. The maximum atomic E-state index is 5.84. The number of rotatable bonds is 6. The molecule has 0 fully saturated rings. The second kappa shape index (κ2) is 7.16. The number of hydrogen-bond donors (Lipinski definition) is 1. The summed E-state index contributed by atoms with van der Waals surface area (Å²) >= 11 is 11.6. The van der Waals surface area contributed by atoms with Crippen molar-refractivity contribution in [2.45, 2.75) is 32.9 Å². The largest absolute Gasteiger partial charge is 0.310 e. The first kappa shape index (κ1) is 13.8. The van der Waals surface area contributed by atoms with Crippen molar-refractivity contribution in [3.05, 3.63) is 34.9 Å². The molecule has 1 unspecified atom stereocenters. The van der Waals surface area contributed by atoms with Crippen LogP contribution in [0.3, 0.4) is 0 Å². The van der Waals surface area contributed by atoms with Crippen LogP contribution < -0.4 is 5.32 Å². The summed E-state index contributed by atoms with van der Waals surface area (Å²) in [6.07, 6.45) is 1.01. The Labute approximate surface area is 108 Å². The van der Waals surface area contributed by atoms with E-state index in [1.165, 1.54) is 5.56 Å². The van der Waals surface area contributed by atoms with Gasteiger partial charge in [-0.1, -0.05) is 37.6 Å². The zero-order valence-corrected chi connectivity index (χ0v) is 11.4. The van der Waals surface area contributed by atoms with Crippen LogP contribution in [-0.2, 0) is 6.54 Å². The predicted molar refractivity (Wildman–Crippen MR) is 72.3 cm³/mol. The summed E-state index contributed by atoms with van der Waals surface area (Å²) < 4.78 is 0. The van der Waals surface area contributed by atoms with Crippen LogP contribution in [0.5, 0.6) is 0 Å². The molecular formula is C13H19Cl2N. The average Bonchev–Trinajstić information content (AvgIpc) is 2.26. The summed E-state index contributed by atoms with van der Waals surface area (Å²) in [4.78, 5) is 0. The minimum atomic E-state index is 0.480. The zero-order chi connectivity index (χ0) is 12.0. The van der Waals surface area contributed by atoms with Crippen LogP contribution in [-0.4, -0.2) is 11.9 Å². The van der Waals surface area contributed by atoms with Crippen LogP contribution in [0.1, 0.15) is 25.8 Å². The van der Waals surface area contributed by atoms with Crippen LogP contribution in [0.4, 0.5) is 0 Å². The first-order chi connectivity index (χ1) is 7.63. The van der Waals surface area contributed by atoms with Crippen molar-refractivity contribution in [2.75, 3.05) is 5.88 Å². The monoisotopic (exact) mass is 259 g/mol. The van der Waals surface area contributed by atoms with E-state index in [4.69, 9.17) is 23.2 Å². The third-order valence-corrected chi connectivity index (χ3v) is 3.18. The van der Waals surface area contributed by atoms with Gasteiger partial charge in [0, 0.05) is 23.5 Å². The number of halogens is 2. The molecule has 3 heteroatoms. The Kier molecular flexibility index (Phi) is 6.18. The summed E-state index contributed by atoms with van der Waals surface area (Å²) in [6.45, 7) is 5.30. The lowest BCUT2D eigenvalue weighted by Gasteiger charge is -2.21. The molecule has 0 heterocycles. The third-order valence-electron chi connectivity index (χ3n) is 2.71. The maximum Gasteiger partial charge on any atom is 0.0406 e. The fourth-order valence-electron chi connectivity index (χ4n) is 1.64. The predicted octanol–water partition coefficient (Wildman–Crippen LogP) is 4.08. The highest BCUT2D eigenvalue weighted by Gasteiger charge is 2.11. The number of hydrogen-bond acceptors (Lipinski definition) is 1. The van der Waals surface area contributed by atoms with Gasteiger partial charge < -0.3 is 5.32 Å². The Morgan fingerprint density at radius 3 is 2.31 bits per heavy atom. The minimum absolute atomic E-state index is 0.480. The van der Waals surface area contributed by atoms with Crippen molar-refractivity contribution >= 4 is 23.2 Å². The molecule has 1 aromatic rings.